The SMILES string of the molecule is O=C(/C=C/C(O)COC1CCCCO1)C1CCCCC1. The van der Waals surface area contributed by atoms with Gasteiger partial charge in [-0.05, 0) is 38.2 Å². The molecule has 2 atom stereocenters. The van der Waals surface area contributed by atoms with Crippen LogP contribution in [0, 0.1) is 5.92 Å². The van der Waals surface area contributed by atoms with Crippen LogP contribution in [0.25, 0.3) is 0 Å². The van der Waals surface area contributed by atoms with Crippen LogP contribution in [0.1, 0.15) is 51.4 Å². The number of hydrogen-bond acceptors (Lipinski definition) is 4. The monoisotopic (exact) mass is 282 g/mol. The zero-order chi connectivity index (χ0) is 14.2. The number of aliphatic hydroxyl groups excluding tert-OH is 1. The predicted octanol–water partition coefficient (Wildman–Crippen LogP) is 2.60. The molecule has 114 valence electrons. The molecule has 2 unspecified atom stereocenters. The summed E-state index contributed by atoms with van der Waals surface area (Å²) in [5.41, 5.74) is 0. The van der Waals surface area contributed by atoms with E-state index in [2.05, 4.69) is 0 Å². The second-order valence-electron chi connectivity index (χ2n) is 5.79. The summed E-state index contributed by atoms with van der Waals surface area (Å²) >= 11 is 0. The van der Waals surface area contributed by atoms with Crippen molar-refractivity contribution in [1.82, 2.24) is 0 Å². The predicted molar refractivity (Wildman–Crippen MR) is 76.3 cm³/mol. The molecule has 0 aromatic heterocycles. The minimum atomic E-state index is -0.729. The van der Waals surface area contributed by atoms with Crippen molar-refractivity contribution in [2.24, 2.45) is 5.92 Å². The van der Waals surface area contributed by atoms with E-state index >= 15 is 0 Å². The van der Waals surface area contributed by atoms with E-state index < -0.39 is 6.10 Å². The third kappa shape index (κ3) is 5.35. The van der Waals surface area contributed by atoms with Gasteiger partial charge in [-0.15, -0.1) is 0 Å². The second kappa shape index (κ2) is 8.55. The van der Waals surface area contributed by atoms with Crippen LogP contribution < -0.4 is 0 Å². The number of carbonyl (C=O) groups excluding carboxylic acids is 1. The van der Waals surface area contributed by atoms with Gasteiger partial charge in [0.2, 0.25) is 0 Å². The van der Waals surface area contributed by atoms with Crippen LogP contribution in [0.15, 0.2) is 12.2 Å². The van der Waals surface area contributed by atoms with Crippen LogP contribution in [0.2, 0.25) is 0 Å². The molecule has 4 nitrogen and oxygen atoms in total. The smallest absolute Gasteiger partial charge is 0.158 e. The molecule has 1 saturated carbocycles. The fraction of sp³-hybridized carbons (Fsp3) is 0.812. The minimum absolute atomic E-state index is 0.151. The molecule has 20 heavy (non-hydrogen) atoms. The molecule has 0 aromatic rings. The molecule has 1 aliphatic carbocycles. The number of aliphatic hydroxyl groups is 1. The minimum Gasteiger partial charge on any atom is -0.387 e. The summed E-state index contributed by atoms with van der Waals surface area (Å²) in [6, 6.07) is 0. The lowest BCUT2D eigenvalue weighted by atomic mass is 9.86. The lowest BCUT2D eigenvalue weighted by Crippen LogP contribution is -2.26. The van der Waals surface area contributed by atoms with Crippen molar-refractivity contribution in [3.8, 4) is 0 Å². The first-order valence-electron chi connectivity index (χ1n) is 7.89. The molecular weight excluding hydrogens is 256 g/mol. The fourth-order valence-corrected chi connectivity index (χ4v) is 2.83. The van der Waals surface area contributed by atoms with Crippen molar-refractivity contribution in [3.63, 3.8) is 0 Å². The molecule has 2 fully saturated rings. The number of carbonyl (C=O) groups is 1. The molecule has 0 radical (unpaired) electrons. The highest BCUT2D eigenvalue weighted by Gasteiger charge is 2.19. The third-order valence-electron chi connectivity index (χ3n) is 4.08. The average Bonchev–Trinajstić information content (AvgIpc) is 2.52. The fourth-order valence-electron chi connectivity index (χ4n) is 2.83. The lowest BCUT2D eigenvalue weighted by molar-refractivity contribution is -0.171. The maximum absolute atomic E-state index is 11.9. The van der Waals surface area contributed by atoms with Crippen molar-refractivity contribution in [2.45, 2.75) is 63.8 Å². The van der Waals surface area contributed by atoms with Gasteiger partial charge >= 0.3 is 0 Å². The molecule has 0 bridgehead atoms. The molecule has 1 N–H and O–H groups in total. The maximum atomic E-state index is 11.9. The largest absolute Gasteiger partial charge is 0.387 e. The number of allylic oxidation sites excluding steroid dienone is 1. The number of ketones is 1. The first kappa shape index (κ1) is 15.7. The Morgan fingerprint density at radius 3 is 2.65 bits per heavy atom. The number of hydrogen-bond donors (Lipinski definition) is 1. The summed E-state index contributed by atoms with van der Waals surface area (Å²) in [6.45, 7) is 0.926. The first-order chi connectivity index (χ1) is 9.75. The average molecular weight is 282 g/mol. The standard InChI is InChI=1S/C16H26O4/c17-14(12-20-16-8-4-5-11-19-16)9-10-15(18)13-6-2-1-3-7-13/h9-10,13-14,16-17H,1-8,11-12H2/b10-9+. The molecule has 2 rings (SSSR count). The van der Waals surface area contributed by atoms with Crippen LogP contribution in [-0.2, 0) is 14.3 Å². The summed E-state index contributed by atoms with van der Waals surface area (Å²) < 4.78 is 10.9. The van der Waals surface area contributed by atoms with E-state index in [9.17, 15) is 9.90 Å². The molecule has 0 aromatic carbocycles. The molecule has 1 heterocycles. The molecule has 1 saturated heterocycles. The molecular formula is C16H26O4. The zero-order valence-electron chi connectivity index (χ0n) is 12.1. The summed E-state index contributed by atoms with van der Waals surface area (Å²) in [5, 5.41) is 9.81. The van der Waals surface area contributed by atoms with Gasteiger partial charge in [0.1, 0.15) is 0 Å². The Balaban J connectivity index is 1.65. The Kier molecular flexibility index (Phi) is 6.70. The van der Waals surface area contributed by atoms with Gasteiger partial charge in [-0.1, -0.05) is 25.3 Å². The van der Waals surface area contributed by atoms with Crippen molar-refractivity contribution < 1.29 is 19.4 Å². The van der Waals surface area contributed by atoms with Gasteiger partial charge in [-0.2, -0.15) is 0 Å². The molecule has 4 heteroatoms. The van der Waals surface area contributed by atoms with Crippen LogP contribution >= 0.6 is 0 Å². The van der Waals surface area contributed by atoms with E-state index in [1.807, 2.05) is 0 Å². The van der Waals surface area contributed by atoms with Crippen molar-refractivity contribution in [2.75, 3.05) is 13.2 Å². The Morgan fingerprint density at radius 2 is 1.95 bits per heavy atom. The van der Waals surface area contributed by atoms with E-state index in [0.29, 0.717) is 0 Å². The van der Waals surface area contributed by atoms with Gasteiger partial charge in [0.25, 0.3) is 0 Å². The van der Waals surface area contributed by atoms with Crippen molar-refractivity contribution in [3.05, 3.63) is 12.2 Å². The topological polar surface area (TPSA) is 55.8 Å². The van der Waals surface area contributed by atoms with Gasteiger partial charge in [0, 0.05) is 12.5 Å². The van der Waals surface area contributed by atoms with Crippen LogP contribution in [0.3, 0.4) is 0 Å². The Bertz CT molecular complexity index is 314. The molecule has 0 spiro atoms. The lowest BCUT2D eigenvalue weighted by Gasteiger charge is -2.23. The summed E-state index contributed by atoms with van der Waals surface area (Å²) in [6.07, 6.45) is 10.8. The van der Waals surface area contributed by atoms with Gasteiger partial charge in [-0.3, -0.25) is 4.79 Å². The first-order valence-corrected chi connectivity index (χ1v) is 7.89. The summed E-state index contributed by atoms with van der Waals surface area (Å²) in [5.74, 6) is 0.312. The van der Waals surface area contributed by atoms with Gasteiger partial charge in [-0.25, -0.2) is 0 Å². The van der Waals surface area contributed by atoms with Crippen LogP contribution in [-0.4, -0.2) is 36.5 Å². The van der Waals surface area contributed by atoms with E-state index in [4.69, 9.17) is 9.47 Å². The normalized spacial score (nSPS) is 26.8. The van der Waals surface area contributed by atoms with Crippen molar-refractivity contribution in [1.29, 1.82) is 0 Å². The number of rotatable bonds is 6. The Hall–Kier alpha value is -0.710. The van der Waals surface area contributed by atoms with E-state index in [1.54, 1.807) is 6.08 Å². The zero-order valence-corrected chi connectivity index (χ0v) is 12.1. The van der Waals surface area contributed by atoms with Crippen molar-refractivity contribution >= 4 is 5.78 Å². The van der Waals surface area contributed by atoms with Crippen LogP contribution in [0.4, 0.5) is 0 Å². The Labute approximate surface area is 121 Å². The van der Waals surface area contributed by atoms with E-state index in [1.165, 1.54) is 12.5 Å². The quantitative estimate of drug-likeness (QED) is 0.761. The third-order valence-corrected chi connectivity index (χ3v) is 4.08. The molecule has 2 aliphatic rings. The van der Waals surface area contributed by atoms with E-state index in [-0.39, 0.29) is 24.6 Å². The van der Waals surface area contributed by atoms with Gasteiger partial charge in [0.15, 0.2) is 12.1 Å². The highest BCUT2D eigenvalue weighted by molar-refractivity contribution is 5.91. The summed E-state index contributed by atoms with van der Waals surface area (Å²) in [4.78, 5) is 11.9. The van der Waals surface area contributed by atoms with Crippen LogP contribution in [0.5, 0.6) is 0 Å². The second-order valence-corrected chi connectivity index (χ2v) is 5.79. The highest BCUT2D eigenvalue weighted by Crippen LogP contribution is 2.24. The maximum Gasteiger partial charge on any atom is 0.158 e. The summed E-state index contributed by atoms with van der Waals surface area (Å²) in [7, 11) is 0. The Morgan fingerprint density at radius 1 is 1.20 bits per heavy atom. The van der Waals surface area contributed by atoms with Gasteiger partial charge < -0.3 is 14.6 Å². The molecule has 0 amide bonds. The van der Waals surface area contributed by atoms with E-state index in [0.717, 1.165) is 51.6 Å². The highest BCUT2D eigenvalue weighted by atomic mass is 16.7. The number of ether oxygens (including phenoxy) is 2. The molecule has 1 aliphatic heterocycles. The van der Waals surface area contributed by atoms with Gasteiger partial charge in [0.05, 0.1) is 12.7 Å².